The van der Waals surface area contributed by atoms with Crippen molar-refractivity contribution >= 4 is 11.9 Å². The Morgan fingerprint density at radius 2 is 2.00 bits per heavy atom. The Hall–Kier alpha value is -1.14. The fraction of sp³-hybridized carbons (Fsp3) is 0.833. The molecule has 0 aromatic carbocycles. The maximum atomic E-state index is 11.7. The van der Waals surface area contributed by atoms with Crippen LogP contribution in [0.15, 0.2) is 0 Å². The summed E-state index contributed by atoms with van der Waals surface area (Å²) >= 11 is 0. The Morgan fingerprint density at radius 1 is 1.39 bits per heavy atom. The third kappa shape index (κ3) is 4.62. The molecule has 1 amide bonds. The fourth-order valence-electron chi connectivity index (χ4n) is 2.24. The van der Waals surface area contributed by atoms with E-state index in [0.717, 1.165) is 12.8 Å². The van der Waals surface area contributed by atoms with E-state index in [2.05, 4.69) is 5.32 Å². The first-order chi connectivity index (χ1) is 8.56. The van der Waals surface area contributed by atoms with Gasteiger partial charge in [0.15, 0.2) is 0 Å². The highest BCUT2D eigenvalue weighted by molar-refractivity contribution is 5.77. The molecule has 6 nitrogen and oxygen atoms in total. The van der Waals surface area contributed by atoms with Crippen LogP contribution in [0.1, 0.15) is 32.1 Å². The van der Waals surface area contributed by atoms with E-state index in [1.165, 1.54) is 7.11 Å². The van der Waals surface area contributed by atoms with Gasteiger partial charge in [0.25, 0.3) is 0 Å². The average molecular weight is 258 g/mol. The maximum absolute atomic E-state index is 11.7. The van der Waals surface area contributed by atoms with Crippen LogP contribution in [-0.2, 0) is 14.3 Å². The summed E-state index contributed by atoms with van der Waals surface area (Å²) in [7, 11) is 1.53. The molecule has 4 N–H and O–H groups in total. The van der Waals surface area contributed by atoms with Crippen LogP contribution in [0.2, 0.25) is 0 Å². The lowest BCUT2D eigenvalue weighted by atomic mass is 9.86. The zero-order chi connectivity index (χ0) is 13.5. The molecule has 0 heterocycles. The number of methoxy groups -OCH3 is 1. The van der Waals surface area contributed by atoms with Gasteiger partial charge < -0.3 is 20.9 Å². The van der Waals surface area contributed by atoms with E-state index in [9.17, 15) is 9.59 Å². The topological polar surface area (TPSA) is 102 Å². The van der Waals surface area contributed by atoms with Crippen LogP contribution >= 0.6 is 0 Å². The van der Waals surface area contributed by atoms with Gasteiger partial charge in [-0.25, -0.2) is 0 Å². The third-order valence-corrected chi connectivity index (χ3v) is 3.45. The summed E-state index contributed by atoms with van der Waals surface area (Å²) in [6.45, 7) is 0.315. The first-order valence-corrected chi connectivity index (χ1v) is 6.31. The van der Waals surface area contributed by atoms with Crippen molar-refractivity contribution < 1.29 is 19.4 Å². The van der Waals surface area contributed by atoms with Gasteiger partial charge in [-0.2, -0.15) is 0 Å². The quantitative estimate of drug-likeness (QED) is 0.627. The molecule has 0 aliphatic heterocycles. The van der Waals surface area contributed by atoms with Gasteiger partial charge in [0.2, 0.25) is 5.91 Å². The van der Waals surface area contributed by atoms with Gasteiger partial charge in [0.05, 0.1) is 18.4 Å². The van der Waals surface area contributed by atoms with Crippen molar-refractivity contribution in [1.82, 2.24) is 5.32 Å². The van der Waals surface area contributed by atoms with Crippen LogP contribution in [0.5, 0.6) is 0 Å². The minimum Gasteiger partial charge on any atom is -0.481 e. The number of hydrogen-bond donors (Lipinski definition) is 3. The molecular weight excluding hydrogens is 236 g/mol. The van der Waals surface area contributed by atoms with Crippen molar-refractivity contribution in [3.05, 3.63) is 0 Å². The Balaban J connectivity index is 2.28. The monoisotopic (exact) mass is 258 g/mol. The Bertz CT molecular complexity index is 284. The summed E-state index contributed by atoms with van der Waals surface area (Å²) in [5, 5.41) is 11.8. The van der Waals surface area contributed by atoms with E-state index in [1.54, 1.807) is 0 Å². The average Bonchev–Trinajstić information content (AvgIpc) is 2.36. The molecule has 1 rings (SSSR count). The minimum absolute atomic E-state index is 0.0777. The normalized spacial score (nSPS) is 25.4. The molecule has 1 saturated carbocycles. The van der Waals surface area contributed by atoms with Crippen LogP contribution in [0.25, 0.3) is 0 Å². The number of aliphatic carboxylic acids is 1. The Labute approximate surface area is 107 Å². The Morgan fingerprint density at radius 3 is 2.44 bits per heavy atom. The molecule has 0 radical (unpaired) electrons. The van der Waals surface area contributed by atoms with Crippen LogP contribution in [0.3, 0.4) is 0 Å². The van der Waals surface area contributed by atoms with Gasteiger partial charge in [0, 0.05) is 19.7 Å². The maximum Gasteiger partial charge on any atom is 0.306 e. The summed E-state index contributed by atoms with van der Waals surface area (Å²) < 4.78 is 5.04. The van der Waals surface area contributed by atoms with E-state index in [0.29, 0.717) is 19.4 Å². The molecule has 0 spiro atoms. The van der Waals surface area contributed by atoms with Crippen molar-refractivity contribution in [3.8, 4) is 0 Å². The minimum atomic E-state index is -0.734. The fourth-order valence-corrected chi connectivity index (χ4v) is 2.24. The van der Waals surface area contributed by atoms with E-state index < -0.39 is 5.97 Å². The van der Waals surface area contributed by atoms with Gasteiger partial charge in [-0.15, -0.1) is 0 Å². The van der Waals surface area contributed by atoms with Crippen molar-refractivity contribution in [3.63, 3.8) is 0 Å². The largest absolute Gasteiger partial charge is 0.481 e. The zero-order valence-corrected chi connectivity index (χ0v) is 10.7. The molecule has 1 aliphatic rings. The number of carboxylic acids is 1. The SMILES string of the molecule is COC(CN)CC(=O)NC1CCC(C(=O)O)CC1. The van der Waals surface area contributed by atoms with Crippen molar-refractivity contribution in [2.45, 2.75) is 44.2 Å². The van der Waals surface area contributed by atoms with Crippen molar-refractivity contribution in [2.24, 2.45) is 11.7 Å². The summed E-state index contributed by atoms with van der Waals surface area (Å²) in [5.74, 6) is -1.07. The van der Waals surface area contributed by atoms with E-state index in [-0.39, 0.29) is 30.4 Å². The van der Waals surface area contributed by atoms with Gasteiger partial charge in [-0.05, 0) is 25.7 Å². The van der Waals surface area contributed by atoms with Crippen LogP contribution in [0.4, 0.5) is 0 Å². The number of nitrogens with two attached hydrogens (primary N) is 1. The van der Waals surface area contributed by atoms with Crippen LogP contribution in [-0.4, -0.2) is 42.8 Å². The summed E-state index contributed by atoms with van der Waals surface area (Å²) in [6, 6.07) is 0.0865. The number of rotatable bonds is 6. The molecule has 104 valence electrons. The highest BCUT2D eigenvalue weighted by Crippen LogP contribution is 2.24. The summed E-state index contributed by atoms with van der Waals surface area (Å²) in [5.41, 5.74) is 5.45. The number of ether oxygens (including phenoxy) is 1. The van der Waals surface area contributed by atoms with Gasteiger partial charge in [0.1, 0.15) is 0 Å². The molecule has 0 aromatic heterocycles. The summed E-state index contributed by atoms with van der Waals surface area (Å²) in [4.78, 5) is 22.5. The first-order valence-electron chi connectivity index (χ1n) is 6.31. The molecular formula is C12H22N2O4. The lowest BCUT2D eigenvalue weighted by Gasteiger charge is -2.27. The van der Waals surface area contributed by atoms with E-state index >= 15 is 0 Å². The number of carboxylic acid groups (broad SMARTS) is 1. The third-order valence-electron chi connectivity index (χ3n) is 3.45. The molecule has 0 aromatic rings. The standard InChI is InChI=1S/C12H22N2O4/c1-18-10(7-13)6-11(15)14-9-4-2-8(3-5-9)12(16)17/h8-10H,2-7,13H2,1H3,(H,14,15)(H,16,17). The second-order valence-corrected chi connectivity index (χ2v) is 4.75. The first kappa shape index (κ1) is 14.9. The van der Waals surface area contributed by atoms with Crippen LogP contribution < -0.4 is 11.1 Å². The summed E-state index contributed by atoms with van der Waals surface area (Å²) in [6.07, 6.45) is 2.72. The van der Waals surface area contributed by atoms with E-state index in [1.807, 2.05) is 0 Å². The number of carbonyl (C=O) groups excluding carboxylic acids is 1. The molecule has 1 unspecified atom stereocenters. The number of amides is 1. The van der Waals surface area contributed by atoms with Crippen LogP contribution in [0, 0.1) is 5.92 Å². The van der Waals surface area contributed by atoms with Gasteiger partial charge in [-0.1, -0.05) is 0 Å². The molecule has 1 fully saturated rings. The van der Waals surface area contributed by atoms with Crippen molar-refractivity contribution in [2.75, 3.05) is 13.7 Å². The number of hydrogen-bond acceptors (Lipinski definition) is 4. The second kappa shape index (κ2) is 7.33. The molecule has 0 saturated heterocycles. The smallest absolute Gasteiger partial charge is 0.306 e. The predicted octanol–water partition coefficient (Wildman–Crippen LogP) is 0.110. The molecule has 18 heavy (non-hydrogen) atoms. The molecule has 1 atom stereocenters. The molecule has 1 aliphatic carbocycles. The highest BCUT2D eigenvalue weighted by atomic mass is 16.5. The van der Waals surface area contributed by atoms with Crippen molar-refractivity contribution in [1.29, 1.82) is 0 Å². The molecule has 6 heteroatoms. The van der Waals surface area contributed by atoms with Gasteiger partial charge >= 0.3 is 5.97 Å². The predicted molar refractivity (Wildman–Crippen MR) is 66.0 cm³/mol. The lowest BCUT2D eigenvalue weighted by Crippen LogP contribution is -2.41. The second-order valence-electron chi connectivity index (χ2n) is 4.75. The lowest BCUT2D eigenvalue weighted by molar-refractivity contribution is -0.142. The van der Waals surface area contributed by atoms with Gasteiger partial charge in [-0.3, -0.25) is 9.59 Å². The molecule has 0 bridgehead atoms. The van der Waals surface area contributed by atoms with E-state index in [4.69, 9.17) is 15.6 Å². The highest BCUT2D eigenvalue weighted by Gasteiger charge is 2.26. The zero-order valence-electron chi connectivity index (χ0n) is 10.7. The Kier molecular flexibility index (Phi) is 6.07. The number of carbonyl (C=O) groups is 2. The number of nitrogens with one attached hydrogen (secondary N) is 1.